The van der Waals surface area contributed by atoms with Gasteiger partial charge in [0.2, 0.25) is 0 Å². The second kappa shape index (κ2) is 7.41. The van der Waals surface area contributed by atoms with Crippen LogP contribution in [0.4, 0.5) is 0 Å². The van der Waals surface area contributed by atoms with Gasteiger partial charge in [0.15, 0.2) is 0 Å². The smallest absolute Gasteiger partial charge is 0.0704 e. The van der Waals surface area contributed by atoms with Crippen LogP contribution in [0.1, 0.15) is 35.4 Å². The maximum Gasteiger partial charge on any atom is 0.0704 e. The zero-order valence-corrected chi connectivity index (χ0v) is 16.1. The molecule has 20 heavy (non-hydrogen) atoms. The van der Waals surface area contributed by atoms with Crippen LogP contribution >= 0.6 is 54.8 Å². The molecule has 0 saturated carbocycles. The van der Waals surface area contributed by atoms with Crippen LogP contribution in [0.2, 0.25) is 5.02 Å². The Bertz CT molecular complexity index is 598. The van der Waals surface area contributed by atoms with Gasteiger partial charge in [-0.05, 0) is 71.2 Å². The molecule has 2 aromatic rings. The molecule has 108 valence electrons. The first-order chi connectivity index (χ1) is 9.52. The molecule has 1 unspecified atom stereocenters. The predicted molar refractivity (Wildman–Crippen MR) is 96.0 cm³/mol. The molecule has 0 spiro atoms. The van der Waals surface area contributed by atoms with E-state index in [1.54, 1.807) is 11.3 Å². The lowest BCUT2D eigenvalue weighted by molar-refractivity contribution is 0.596. The van der Waals surface area contributed by atoms with Crippen LogP contribution in [-0.4, -0.2) is 6.54 Å². The highest BCUT2D eigenvalue weighted by Gasteiger charge is 2.20. The molecule has 0 amide bonds. The lowest BCUT2D eigenvalue weighted by Crippen LogP contribution is -2.23. The van der Waals surface area contributed by atoms with Crippen molar-refractivity contribution >= 4 is 54.8 Å². The first-order valence-corrected chi connectivity index (χ1v) is 9.25. The van der Waals surface area contributed by atoms with Crippen molar-refractivity contribution in [2.24, 2.45) is 0 Å². The summed E-state index contributed by atoms with van der Waals surface area (Å²) in [5.41, 5.74) is 2.48. The molecule has 0 aliphatic heterocycles. The Balaban J connectivity index is 2.46. The third-order valence-corrected chi connectivity index (χ3v) is 5.63. The summed E-state index contributed by atoms with van der Waals surface area (Å²) in [6, 6.07) is 8.30. The van der Waals surface area contributed by atoms with Crippen LogP contribution in [-0.2, 0) is 0 Å². The van der Waals surface area contributed by atoms with Gasteiger partial charge in [-0.25, -0.2) is 0 Å². The quantitative estimate of drug-likeness (QED) is 0.577. The minimum Gasteiger partial charge on any atom is -0.306 e. The Labute approximate surface area is 146 Å². The number of aryl methyl sites for hydroxylation is 1. The van der Waals surface area contributed by atoms with E-state index in [-0.39, 0.29) is 6.04 Å². The minimum atomic E-state index is 0.158. The largest absolute Gasteiger partial charge is 0.306 e. The Kier molecular flexibility index (Phi) is 6.11. The van der Waals surface area contributed by atoms with Gasteiger partial charge in [-0.15, -0.1) is 11.3 Å². The molecule has 0 aliphatic carbocycles. The molecule has 0 radical (unpaired) electrons. The summed E-state index contributed by atoms with van der Waals surface area (Å²) in [7, 11) is 0. The molecular formula is C15H16Br2ClNS. The molecule has 0 bridgehead atoms. The van der Waals surface area contributed by atoms with Gasteiger partial charge in [-0.2, -0.15) is 0 Å². The highest BCUT2D eigenvalue weighted by Crippen LogP contribution is 2.37. The van der Waals surface area contributed by atoms with E-state index in [9.17, 15) is 0 Å². The molecule has 1 aromatic carbocycles. The zero-order valence-electron chi connectivity index (χ0n) is 11.3. The molecule has 1 heterocycles. The van der Waals surface area contributed by atoms with Gasteiger partial charge >= 0.3 is 0 Å². The Hall–Kier alpha value is 0.130. The molecule has 1 aromatic heterocycles. The van der Waals surface area contributed by atoms with Crippen molar-refractivity contribution in [3.63, 3.8) is 0 Å². The van der Waals surface area contributed by atoms with Gasteiger partial charge < -0.3 is 5.32 Å². The van der Waals surface area contributed by atoms with E-state index in [1.807, 2.05) is 18.2 Å². The molecule has 1 nitrogen and oxygen atoms in total. The first kappa shape index (κ1) is 16.5. The van der Waals surface area contributed by atoms with Crippen molar-refractivity contribution in [3.05, 3.63) is 53.6 Å². The second-order valence-corrected chi connectivity index (χ2v) is 8.54. The van der Waals surface area contributed by atoms with Gasteiger partial charge in [0, 0.05) is 14.4 Å². The summed E-state index contributed by atoms with van der Waals surface area (Å²) in [6.07, 6.45) is 1.10. The number of nitrogens with one attached hydrogen (secondary N) is 1. The zero-order chi connectivity index (χ0) is 14.7. The van der Waals surface area contributed by atoms with Crippen LogP contribution in [0.25, 0.3) is 0 Å². The third kappa shape index (κ3) is 3.86. The SMILES string of the molecule is CCCNC(c1cc(Cl)ccc1Br)c1cc(Br)sc1C. The fourth-order valence-corrected chi connectivity index (χ4v) is 4.56. The van der Waals surface area contributed by atoms with E-state index in [0.717, 1.165) is 26.2 Å². The third-order valence-electron chi connectivity index (χ3n) is 3.10. The van der Waals surface area contributed by atoms with Crippen LogP contribution < -0.4 is 5.32 Å². The van der Waals surface area contributed by atoms with Gasteiger partial charge in [-0.3, -0.25) is 0 Å². The fraction of sp³-hybridized carbons (Fsp3) is 0.333. The molecule has 0 aliphatic rings. The van der Waals surface area contributed by atoms with E-state index < -0.39 is 0 Å². The van der Waals surface area contributed by atoms with Gasteiger partial charge in [0.1, 0.15) is 0 Å². The summed E-state index contributed by atoms with van der Waals surface area (Å²) in [6.45, 7) is 5.30. The average molecular weight is 438 g/mol. The number of rotatable bonds is 5. The number of hydrogen-bond acceptors (Lipinski definition) is 2. The molecule has 2 rings (SSSR count). The van der Waals surface area contributed by atoms with E-state index >= 15 is 0 Å². The Morgan fingerprint density at radius 1 is 1.25 bits per heavy atom. The lowest BCUT2D eigenvalue weighted by atomic mass is 9.99. The van der Waals surface area contributed by atoms with Crippen molar-refractivity contribution in [2.75, 3.05) is 6.54 Å². The van der Waals surface area contributed by atoms with Gasteiger partial charge in [-0.1, -0.05) is 34.5 Å². The molecule has 1 N–H and O–H groups in total. The molecule has 0 saturated heterocycles. The number of hydrogen-bond donors (Lipinski definition) is 1. The molecule has 1 atom stereocenters. The van der Waals surface area contributed by atoms with Crippen molar-refractivity contribution in [1.29, 1.82) is 0 Å². The average Bonchev–Trinajstić information content (AvgIpc) is 2.73. The highest BCUT2D eigenvalue weighted by molar-refractivity contribution is 9.11. The monoisotopic (exact) mass is 435 g/mol. The topological polar surface area (TPSA) is 12.0 Å². The summed E-state index contributed by atoms with van der Waals surface area (Å²) in [4.78, 5) is 1.32. The Morgan fingerprint density at radius 3 is 2.60 bits per heavy atom. The standard InChI is InChI=1S/C15H16Br2ClNS/c1-3-6-19-15(11-8-14(17)20-9(11)2)12-7-10(18)4-5-13(12)16/h4-5,7-8,15,19H,3,6H2,1-2H3. The maximum absolute atomic E-state index is 6.17. The molecule has 0 fully saturated rings. The second-order valence-electron chi connectivity index (χ2n) is 4.62. The lowest BCUT2D eigenvalue weighted by Gasteiger charge is -2.21. The van der Waals surface area contributed by atoms with Crippen molar-refractivity contribution < 1.29 is 0 Å². The normalized spacial score (nSPS) is 12.7. The fourth-order valence-electron chi connectivity index (χ4n) is 2.16. The van der Waals surface area contributed by atoms with Crippen LogP contribution in [0, 0.1) is 6.92 Å². The summed E-state index contributed by atoms with van der Waals surface area (Å²) in [5.74, 6) is 0. The van der Waals surface area contributed by atoms with Crippen LogP contribution in [0.15, 0.2) is 32.5 Å². The number of benzene rings is 1. The summed E-state index contributed by atoms with van der Waals surface area (Å²) in [5, 5.41) is 4.38. The maximum atomic E-state index is 6.17. The Morgan fingerprint density at radius 2 is 2.00 bits per heavy atom. The van der Waals surface area contributed by atoms with Crippen molar-refractivity contribution in [2.45, 2.75) is 26.3 Å². The summed E-state index contributed by atoms with van der Waals surface area (Å²) < 4.78 is 2.24. The highest BCUT2D eigenvalue weighted by atomic mass is 79.9. The van der Waals surface area contributed by atoms with Gasteiger partial charge in [0.05, 0.1) is 9.83 Å². The van der Waals surface area contributed by atoms with E-state index in [1.165, 1.54) is 16.0 Å². The van der Waals surface area contributed by atoms with E-state index in [4.69, 9.17) is 11.6 Å². The first-order valence-electron chi connectivity index (χ1n) is 6.47. The van der Waals surface area contributed by atoms with Crippen LogP contribution in [0.5, 0.6) is 0 Å². The van der Waals surface area contributed by atoms with Crippen molar-refractivity contribution in [3.8, 4) is 0 Å². The molecular weight excluding hydrogens is 422 g/mol. The van der Waals surface area contributed by atoms with Crippen LogP contribution in [0.3, 0.4) is 0 Å². The molecule has 5 heteroatoms. The summed E-state index contributed by atoms with van der Waals surface area (Å²) >= 11 is 15.2. The minimum absolute atomic E-state index is 0.158. The van der Waals surface area contributed by atoms with E-state index in [0.29, 0.717) is 0 Å². The van der Waals surface area contributed by atoms with Gasteiger partial charge in [0.25, 0.3) is 0 Å². The number of thiophene rings is 1. The van der Waals surface area contributed by atoms with E-state index in [2.05, 4.69) is 57.1 Å². The van der Waals surface area contributed by atoms with Crippen molar-refractivity contribution in [1.82, 2.24) is 5.32 Å². The predicted octanol–water partition coefficient (Wildman–Crippen LogP) is 6.32. The number of halogens is 3.